The summed E-state index contributed by atoms with van der Waals surface area (Å²) in [5.74, 6) is 0.0263. The highest BCUT2D eigenvalue weighted by atomic mass is 16.5. The number of carbonyl (C=O) groups is 3. The molecule has 0 spiro atoms. The van der Waals surface area contributed by atoms with Gasteiger partial charge in [0.1, 0.15) is 11.8 Å². The van der Waals surface area contributed by atoms with Crippen molar-refractivity contribution in [2.24, 2.45) is 5.41 Å². The Labute approximate surface area is 241 Å². The van der Waals surface area contributed by atoms with E-state index in [4.69, 9.17) is 9.47 Å². The standard InChI is InChI=1S/C30H42N6O5/c1-30(2,3)14-27(37)34-23-9-8-21-10-13-40-25-7-5-4-6-22(25)29(39)36-12-11-35(17-20-15-31-19-33-20)18-24(36)28(38)32-16-26(23)41-21/h4-7,15,19,21,23-24,26H,8-14,16-18H2,1-3H3,(H,31,33)(H,32,38)(H,34,37)/t21-,23+,24-,26+/m0/s1. The maximum Gasteiger partial charge on any atom is 0.258 e. The van der Waals surface area contributed by atoms with E-state index >= 15 is 0 Å². The molecule has 5 rings (SSSR count). The molecule has 222 valence electrons. The number of nitrogens with one attached hydrogen (secondary N) is 3. The molecule has 2 bridgehead atoms. The van der Waals surface area contributed by atoms with Crippen LogP contribution in [0.1, 0.15) is 62.5 Å². The number of para-hydroxylation sites is 1. The summed E-state index contributed by atoms with van der Waals surface area (Å²) in [6, 6.07) is 6.30. The van der Waals surface area contributed by atoms with Gasteiger partial charge in [-0.2, -0.15) is 0 Å². The largest absolute Gasteiger partial charge is 0.493 e. The number of aromatic nitrogens is 2. The number of benzene rings is 1. The van der Waals surface area contributed by atoms with E-state index in [1.54, 1.807) is 29.6 Å². The van der Waals surface area contributed by atoms with E-state index in [2.05, 4.69) is 25.5 Å². The minimum atomic E-state index is -0.705. The van der Waals surface area contributed by atoms with Crippen molar-refractivity contribution in [1.29, 1.82) is 0 Å². The Bertz CT molecular complexity index is 1210. The topological polar surface area (TPSA) is 129 Å². The number of ether oxygens (including phenoxy) is 2. The molecule has 0 unspecified atom stereocenters. The van der Waals surface area contributed by atoms with Crippen LogP contribution in [0.25, 0.3) is 0 Å². The predicted octanol–water partition coefficient (Wildman–Crippen LogP) is 2.10. The Morgan fingerprint density at radius 3 is 2.76 bits per heavy atom. The van der Waals surface area contributed by atoms with E-state index in [-0.39, 0.29) is 47.9 Å². The molecule has 0 saturated carbocycles. The van der Waals surface area contributed by atoms with Crippen molar-refractivity contribution < 1.29 is 23.9 Å². The summed E-state index contributed by atoms with van der Waals surface area (Å²) < 4.78 is 12.6. The van der Waals surface area contributed by atoms with Crippen LogP contribution in [-0.4, -0.2) is 94.6 Å². The highest BCUT2D eigenvalue weighted by Crippen LogP contribution is 2.27. The smallest absolute Gasteiger partial charge is 0.258 e. The van der Waals surface area contributed by atoms with E-state index in [1.165, 1.54) is 0 Å². The van der Waals surface area contributed by atoms with Gasteiger partial charge < -0.3 is 30.0 Å². The normalized spacial score (nSPS) is 26.2. The van der Waals surface area contributed by atoms with Crippen molar-refractivity contribution in [3.63, 3.8) is 0 Å². The average Bonchev–Trinajstić information content (AvgIpc) is 3.44. The molecular formula is C30H42N6O5. The van der Waals surface area contributed by atoms with E-state index in [1.807, 2.05) is 32.9 Å². The molecule has 3 N–H and O–H groups in total. The highest BCUT2D eigenvalue weighted by Gasteiger charge is 2.39. The molecule has 3 aliphatic heterocycles. The summed E-state index contributed by atoms with van der Waals surface area (Å²) in [6.07, 6.45) is 5.52. The number of carbonyl (C=O) groups excluding carboxylic acids is 3. The molecule has 1 aromatic heterocycles. The number of hydrogen-bond acceptors (Lipinski definition) is 7. The quantitative estimate of drug-likeness (QED) is 0.517. The van der Waals surface area contributed by atoms with Crippen LogP contribution < -0.4 is 15.4 Å². The van der Waals surface area contributed by atoms with E-state index in [0.29, 0.717) is 56.9 Å². The van der Waals surface area contributed by atoms with Crippen molar-refractivity contribution in [3.8, 4) is 5.75 Å². The first-order valence-corrected chi connectivity index (χ1v) is 14.6. The fourth-order valence-corrected chi connectivity index (χ4v) is 5.87. The first-order valence-electron chi connectivity index (χ1n) is 14.6. The van der Waals surface area contributed by atoms with E-state index in [9.17, 15) is 14.4 Å². The first-order chi connectivity index (χ1) is 19.7. The lowest BCUT2D eigenvalue weighted by atomic mass is 9.91. The summed E-state index contributed by atoms with van der Waals surface area (Å²) >= 11 is 0. The SMILES string of the molecule is CC(C)(C)CC(=O)N[C@@H]1CC[C@H]2CCOc3ccccc3C(=O)N3CCN(Cc4cnc[nH]4)C[C@H]3C(=O)NC[C@H]1O2. The molecule has 3 amide bonds. The summed E-state index contributed by atoms with van der Waals surface area (Å²) in [6.45, 7) is 8.73. The fourth-order valence-electron chi connectivity index (χ4n) is 5.87. The van der Waals surface area contributed by atoms with Crippen molar-refractivity contribution in [3.05, 3.63) is 48.0 Å². The summed E-state index contributed by atoms with van der Waals surface area (Å²) in [5, 5.41) is 6.24. The second-order valence-corrected chi connectivity index (χ2v) is 12.5. The second kappa shape index (κ2) is 12.6. The van der Waals surface area contributed by atoms with Crippen LogP contribution in [0.5, 0.6) is 5.75 Å². The van der Waals surface area contributed by atoms with Crippen LogP contribution >= 0.6 is 0 Å². The molecule has 0 aliphatic carbocycles. The third kappa shape index (κ3) is 7.45. The molecule has 11 nitrogen and oxygen atoms in total. The number of piperazine rings is 1. The number of nitrogens with zero attached hydrogens (tertiary/aromatic N) is 3. The monoisotopic (exact) mass is 566 g/mol. The van der Waals surface area contributed by atoms with Gasteiger partial charge in [0.15, 0.2) is 0 Å². The lowest BCUT2D eigenvalue weighted by molar-refractivity contribution is -0.131. The van der Waals surface area contributed by atoms with Crippen molar-refractivity contribution in [1.82, 2.24) is 30.4 Å². The molecule has 2 aromatic rings. The van der Waals surface area contributed by atoms with Crippen LogP contribution in [0.4, 0.5) is 0 Å². The van der Waals surface area contributed by atoms with E-state index < -0.39 is 6.04 Å². The zero-order valence-corrected chi connectivity index (χ0v) is 24.2. The lowest BCUT2D eigenvalue weighted by Crippen LogP contribution is -2.62. The number of aromatic amines is 1. The van der Waals surface area contributed by atoms with Crippen molar-refractivity contribution >= 4 is 17.7 Å². The molecule has 3 aliphatic rings. The molecule has 41 heavy (non-hydrogen) atoms. The number of H-pyrrole nitrogens is 1. The summed E-state index contributed by atoms with van der Waals surface area (Å²) in [7, 11) is 0. The van der Waals surface area contributed by atoms with Gasteiger partial charge in [-0.25, -0.2) is 4.98 Å². The maximum atomic E-state index is 13.9. The molecule has 2 fully saturated rings. The lowest BCUT2D eigenvalue weighted by Gasteiger charge is -2.41. The van der Waals surface area contributed by atoms with E-state index in [0.717, 1.165) is 18.5 Å². The first kappa shape index (κ1) is 29.1. The van der Waals surface area contributed by atoms with Gasteiger partial charge in [0.2, 0.25) is 11.8 Å². The van der Waals surface area contributed by atoms with Crippen LogP contribution in [0, 0.1) is 5.41 Å². The Hall–Kier alpha value is -3.44. The van der Waals surface area contributed by atoms with Gasteiger partial charge in [0, 0.05) is 57.5 Å². The van der Waals surface area contributed by atoms with Gasteiger partial charge in [-0.1, -0.05) is 32.9 Å². The average molecular weight is 567 g/mol. The molecule has 4 heterocycles. The molecular weight excluding hydrogens is 524 g/mol. The van der Waals surface area contributed by atoms with Crippen LogP contribution in [0.2, 0.25) is 0 Å². The van der Waals surface area contributed by atoms with Crippen LogP contribution in [0.15, 0.2) is 36.8 Å². The zero-order chi connectivity index (χ0) is 29.0. The van der Waals surface area contributed by atoms with Gasteiger partial charge in [-0.3, -0.25) is 19.3 Å². The summed E-state index contributed by atoms with van der Waals surface area (Å²) in [4.78, 5) is 51.4. The molecule has 1 aromatic carbocycles. The number of imidazole rings is 1. The van der Waals surface area contributed by atoms with Gasteiger partial charge in [0.25, 0.3) is 5.91 Å². The Morgan fingerprint density at radius 2 is 1.98 bits per heavy atom. The number of hydrogen-bond donors (Lipinski definition) is 3. The van der Waals surface area contributed by atoms with Crippen LogP contribution in [-0.2, 0) is 20.9 Å². The molecule has 4 atom stereocenters. The number of amides is 3. The van der Waals surface area contributed by atoms with Gasteiger partial charge in [-0.15, -0.1) is 0 Å². The minimum absolute atomic E-state index is 0.0197. The molecule has 2 saturated heterocycles. The maximum absolute atomic E-state index is 13.9. The third-order valence-electron chi connectivity index (χ3n) is 7.92. The molecule has 0 radical (unpaired) electrons. The zero-order valence-electron chi connectivity index (χ0n) is 24.2. The number of fused-ring (bicyclic) bond motifs is 4. The van der Waals surface area contributed by atoms with Gasteiger partial charge in [-0.05, 0) is 30.4 Å². The molecule has 11 heteroatoms. The van der Waals surface area contributed by atoms with Gasteiger partial charge in [0.05, 0.1) is 36.7 Å². The Kier molecular flexibility index (Phi) is 8.94. The predicted molar refractivity (Wildman–Crippen MR) is 152 cm³/mol. The Morgan fingerprint density at radius 1 is 1.15 bits per heavy atom. The van der Waals surface area contributed by atoms with Crippen molar-refractivity contribution in [2.75, 3.05) is 32.8 Å². The fraction of sp³-hybridized carbons (Fsp3) is 0.600. The van der Waals surface area contributed by atoms with Crippen molar-refractivity contribution in [2.45, 2.75) is 77.3 Å². The number of rotatable bonds is 4. The highest BCUT2D eigenvalue weighted by molar-refractivity contribution is 6.00. The minimum Gasteiger partial charge on any atom is -0.493 e. The van der Waals surface area contributed by atoms with Gasteiger partial charge >= 0.3 is 0 Å². The third-order valence-corrected chi connectivity index (χ3v) is 7.92. The summed E-state index contributed by atoms with van der Waals surface area (Å²) in [5.41, 5.74) is 1.26. The second-order valence-electron chi connectivity index (χ2n) is 12.5. The van der Waals surface area contributed by atoms with Crippen LogP contribution in [0.3, 0.4) is 0 Å². The Balaban J connectivity index is 1.37.